The van der Waals surface area contributed by atoms with Crippen LogP contribution in [0.1, 0.15) is 16.0 Å². The van der Waals surface area contributed by atoms with E-state index >= 15 is 0 Å². The van der Waals surface area contributed by atoms with E-state index in [2.05, 4.69) is 47.8 Å². The van der Waals surface area contributed by atoms with E-state index in [1.165, 1.54) is 12.1 Å². The Morgan fingerprint density at radius 1 is 0.941 bits per heavy atom. The molecule has 17 heavy (non-hydrogen) atoms. The minimum Gasteiger partial charge on any atom is -0.207 e. The van der Waals surface area contributed by atoms with Crippen molar-refractivity contribution in [3.05, 3.63) is 68.4 Å². The monoisotopic (exact) mass is 420 g/mol. The summed E-state index contributed by atoms with van der Waals surface area (Å²) in [5.41, 5.74) is 2.13. The van der Waals surface area contributed by atoms with E-state index in [9.17, 15) is 4.39 Å². The van der Waals surface area contributed by atoms with Crippen LogP contribution in [0, 0.1) is 5.82 Å². The molecule has 0 bridgehead atoms. The van der Waals surface area contributed by atoms with Crippen LogP contribution >= 0.6 is 47.8 Å². The van der Waals surface area contributed by atoms with Crippen LogP contribution in [0.15, 0.2) is 51.4 Å². The molecule has 0 saturated carbocycles. The van der Waals surface area contributed by atoms with Crippen LogP contribution in [-0.2, 0) is 0 Å². The second kappa shape index (κ2) is 5.63. The van der Waals surface area contributed by atoms with Gasteiger partial charge in [0, 0.05) is 8.95 Å². The molecule has 0 saturated heterocycles. The molecule has 0 radical (unpaired) electrons. The zero-order valence-electron chi connectivity index (χ0n) is 8.63. The highest BCUT2D eigenvalue weighted by Gasteiger charge is 2.13. The fourth-order valence-corrected chi connectivity index (χ4v) is 3.81. The molecule has 2 aromatic rings. The van der Waals surface area contributed by atoms with E-state index in [0.29, 0.717) is 0 Å². The summed E-state index contributed by atoms with van der Waals surface area (Å²) in [5.74, 6) is -0.219. The standard InChI is InChI=1S/C13H8Br3F/c14-9-3-6-11(12(15)7-9)13(16)8-1-4-10(17)5-2-8/h1-7,13H. The largest absolute Gasteiger partial charge is 0.207 e. The highest BCUT2D eigenvalue weighted by Crippen LogP contribution is 2.36. The molecule has 0 fully saturated rings. The summed E-state index contributed by atoms with van der Waals surface area (Å²) >= 11 is 10.6. The van der Waals surface area contributed by atoms with Crippen LogP contribution in [0.25, 0.3) is 0 Å². The molecule has 1 atom stereocenters. The molecule has 0 aliphatic carbocycles. The fraction of sp³-hybridized carbons (Fsp3) is 0.0769. The molecule has 0 heterocycles. The van der Waals surface area contributed by atoms with Crippen LogP contribution in [0.4, 0.5) is 4.39 Å². The molecular weight excluding hydrogens is 415 g/mol. The maximum absolute atomic E-state index is 12.9. The Hall–Kier alpha value is -0.190. The molecule has 0 aliphatic rings. The van der Waals surface area contributed by atoms with Gasteiger partial charge >= 0.3 is 0 Å². The molecular formula is C13H8Br3F. The Morgan fingerprint density at radius 3 is 2.18 bits per heavy atom. The lowest BCUT2D eigenvalue weighted by molar-refractivity contribution is 0.627. The Labute approximate surface area is 125 Å². The van der Waals surface area contributed by atoms with E-state index in [4.69, 9.17) is 0 Å². The third kappa shape index (κ3) is 3.18. The Kier molecular flexibility index (Phi) is 4.39. The van der Waals surface area contributed by atoms with Crippen LogP contribution in [-0.4, -0.2) is 0 Å². The lowest BCUT2D eigenvalue weighted by Crippen LogP contribution is -1.94. The van der Waals surface area contributed by atoms with Gasteiger partial charge in [0.15, 0.2) is 0 Å². The van der Waals surface area contributed by atoms with Crippen LogP contribution in [0.3, 0.4) is 0 Å². The average molecular weight is 423 g/mol. The first-order chi connectivity index (χ1) is 8.08. The van der Waals surface area contributed by atoms with Gasteiger partial charge in [0.1, 0.15) is 5.82 Å². The first-order valence-corrected chi connectivity index (χ1v) is 7.42. The van der Waals surface area contributed by atoms with Crippen molar-refractivity contribution in [1.82, 2.24) is 0 Å². The molecule has 1 unspecified atom stereocenters. The SMILES string of the molecule is Fc1ccc(C(Br)c2ccc(Br)cc2Br)cc1. The van der Waals surface area contributed by atoms with Gasteiger partial charge in [-0.25, -0.2) is 4.39 Å². The zero-order valence-corrected chi connectivity index (χ0v) is 13.4. The fourth-order valence-electron chi connectivity index (χ4n) is 1.52. The van der Waals surface area contributed by atoms with Gasteiger partial charge in [-0.15, -0.1) is 0 Å². The third-order valence-electron chi connectivity index (χ3n) is 2.40. The van der Waals surface area contributed by atoms with Crippen LogP contribution < -0.4 is 0 Å². The van der Waals surface area contributed by atoms with Crippen molar-refractivity contribution >= 4 is 47.8 Å². The highest BCUT2D eigenvalue weighted by atomic mass is 79.9. The molecule has 0 nitrogen and oxygen atoms in total. The van der Waals surface area contributed by atoms with Crippen LogP contribution in [0.5, 0.6) is 0 Å². The molecule has 0 spiro atoms. The van der Waals surface area contributed by atoms with Gasteiger partial charge < -0.3 is 0 Å². The van der Waals surface area contributed by atoms with Gasteiger partial charge in [-0.2, -0.15) is 0 Å². The summed E-state index contributed by atoms with van der Waals surface area (Å²) in [6.07, 6.45) is 0. The molecule has 0 amide bonds. The number of benzene rings is 2. The first-order valence-electron chi connectivity index (χ1n) is 4.92. The molecule has 2 rings (SSSR count). The van der Waals surface area contributed by atoms with Crippen LogP contribution in [0.2, 0.25) is 0 Å². The van der Waals surface area contributed by atoms with Gasteiger partial charge in [-0.05, 0) is 35.4 Å². The van der Waals surface area contributed by atoms with Crippen molar-refractivity contribution in [2.75, 3.05) is 0 Å². The Balaban J connectivity index is 2.36. The first kappa shape index (κ1) is 13.2. The predicted octanol–water partition coefficient (Wildman–Crippen LogP) is 5.84. The number of rotatable bonds is 2. The van der Waals surface area contributed by atoms with Crippen molar-refractivity contribution in [1.29, 1.82) is 0 Å². The topological polar surface area (TPSA) is 0 Å². The van der Waals surface area contributed by atoms with E-state index in [1.54, 1.807) is 12.1 Å². The second-order valence-electron chi connectivity index (χ2n) is 3.58. The molecule has 2 aromatic carbocycles. The van der Waals surface area contributed by atoms with E-state index in [-0.39, 0.29) is 10.6 Å². The number of halogens is 4. The molecule has 4 heteroatoms. The van der Waals surface area contributed by atoms with Crippen molar-refractivity contribution in [3.63, 3.8) is 0 Å². The normalized spacial score (nSPS) is 12.5. The summed E-state index contributed by atoms with van der Waals surface area (Å²) < 4.78 is 14.9. The third-order valence-corrected chi connectivity index (χ3v) is 4.60. The highest BCUT2D eigenvalue weighted by molar-refractivity contribution is 9.11. The van der Waals surface area contributed by atoms with E-state index in [0.717, 1.165) is 20.1 Å². The van der Waals surface area contributed by atoms with Gasteiger partial charge in [0.2, 0.25) is 0 Å². The maximum atomic E-state index is 12.9. The smallest absolute Gasteiger partial charge is 0.123 e. The summed E-state index contributed by atoms with van der Waals surface area (Å²) in [6.45, 7) is 0. The van der Waals surface area contributed by atoms with Crippen molar-refractivity contribution in [3.8, 4) is 0 Å². The van der Waals surface area contributed by atoms with Gasteiger partial charge in [0.25, 0.3) is 0 Å². The van der Waals surface area contributed by atoms with E-state index < -0.39 is 0 Å². The number of hydrogen-bond acceptors (Lipinski definition) is 0. The molecule has 0 N–H and O–H groups in total. The van der Waals surface area contributed by atoms with Crippen molar-refractivity contribution in [2.45, 2.75) is 4.83 Å². The minimum atomic E-state index is -0.219. The van der Waals surface area contributed by atoms with Gasteiger partial charge in [-0.1, -0.05) is 66.0 Å². The number of alkyl halides is 1. The van der Waals surface area contributed by atoms with Gasteiger partial charge in [0.05, 0.1) is 4.83 Å². The summed E-state index contributed by atoms with van der Waals surface area (Å²) in [6, 6.07) is 12.5. The summed E-state index contributed by atoms with van der Waals surface area (Å²) in [7, 11) is 0. The predicted molar refractivity (Wildman–Crippen MR) is 79.0 cm³/mol. The lowest BCUT2D eigenvalue weighted by atomic mass is 10.1. The van der Waals surface area contributed by atoms with Gasteiger partial charge in [-0.3, -0.25) is 0 Å². The molecule has 0 aliphatic heterocycles. The van der Waals surface area contributed by atoms with E-state index in [1.807, 2.05) is 18.2 Å². The quantitative estimate of drug-likeness (QED) is 0.534. The zero-order chi connectivity index (χ0) is 12.4. The molecule has 0 aromatic heterocycles. The average Bonchev–Trinajstić information content (AvgIpc) is 2.29. The maximum Gasteiger partial charge on any atom is 0.123 e. The van der Waals surface area contributed by atoms with Crippen molar-refractivity contribution < 1.29 is 4.39 Å². The minimum absolute atomic E-state index is 0.0468. The lowest BCUT2D eigenvalue weighted by Gasteiger charge is -2.13. The summed E-state index contributed by atoms with van der Waals surface area (Å²) in [4.78, 5) is 0.0468. The molecule has 88 valence electrons. The van der Waals surface area contributed by atoms with Crippen molar-refractivity contribution in [2.24, 2.45) is 0 Å². The second-order valence-corrected chi connectivity index (χ2v) is 6.27. The summed E-state index contributed by atoms with van der Waals surface area (Å²) in [5, 5.41) is 0. The Morgan fingerprint density at radius 2 is 1.59 bits per heavy atom. The Bertz CT molecular complexity index is 523. The number of hydrogen-bond donors (Lipinski definition) is 0.